The van der Waals surface area contributed by atoms with Crippen LogP contribution in [0.25, 0.3) is 11.6 Å². The van der Waals surface area contributed by atoms with Gasteiger partial charge in [-0.15, -0.1) is 0 Å². The van der Waals surface area contributed by atoms with Crippen LogP contribution in [0.4, 0.5) is 0 Å². The number of likely N-dealkylation sites (tertiary alicyclic amines) is 1. The number of phenols is 1. The molecule has 252 valence electrons. The number of amides is 2. The molecular formula is C39H43NO8. The van der Waals surface area contributed by atoms with Gasteiger partial charge in [0.25, 0.3) is 0 Å². The van der Waals surface area contributed by atoms with Crippen LogP contribution in [0.3, 0.4) is 0 Å². The van der Waals surface area contributed by atoms with Gasteiger partial charge in [0.05, 0.1) is 24.5 Å². The summed E-state index contributed by atoms with van der Waals surface area (Å²) >= 11 is 0. The molecule has 48 heavy (non-hydrogen) atoms. The number of aliphatic hydroxyl groups excluding tert-OH is 2. The van der Waals surface area contributed by atoms with Crippen molar-refractivity contribution in [3.8, 4) is 11.5 Å². The number of hydrogen-bond acceptors (Lipinski definition) is 7. The summed E-state index contributed by atoms with van der Waals surface area (Å²) in [5.41, 5.74) is 3.97. The largest absolute Gasteiger partial charge is 0.508 e. The van der Waals surface area contributed by atoms with Gasteiger partial charge in [0.2, 0.25) is 11.8 Å². The second-order valence-corrected chi connectivity index (χ2v) is 12.5. The van der Waals surface area contributed by atoms with Crippen molar-refractivity contribution < 1.29 is 39.5 Å². The molecule has 2 aliphatic rings. The molecule has 4 N–H and O–H groups in total. The lowest BCUT2D eigenvalue weighted by Crippen LogP contribution is -2.40. The minimum Gasteiger partial charge on any atom is -0.508 e. The first-order valence-electron chi connectivity index (χ1n) is 16.6. The summed E-state index contributed by atoms with van der Waals surface area (Å²) in [5, 5.41) is 41.6. The Labute approximate surface area is 280 Å². The quantitative estimate of drug-likeness (QED) is 0.0667. The van der Waals surface area contributed by atoms with Gasteiger partial charge in [-0.3, -0.25) is 19.3 Å². The van der Waals surface area contributed by atoms with Crippen LogP contribution in [-0.2, 0) is 14.4 Å². The summed E-state index contributed by atoms with van der Waals surface area (Å²) < 4.78 is 6.11. The van der Waals surface area contributed by atoms with Gasteiger partial charge in [-0.1, -0.05) is 73.2 Å². The van der Waals surface area contributed by atoms with E-state index in [1.807, 2.05) is 72.8 Å². The van der Waals surface area contributed by atoms with Crippen LogP contribution >= 0.6 is 0 Å². The number of carbonyl (C=O) groups is 3. The lowest BCUT2D eigenvalue weighted by molar-refractivity contribution is -0.141. The second kappa shape index (κ2) is 16.4. The van der Waals surface area contributed by atoms with Crippen molar-refractivity contribution in [1.29, 1.82) is 0 Å². The number of benzene rings is 3. The highest BCUT2D eigenvalue weighted by Gasteiger charge is 2.54. The molecule has 5 rings (SSSR count). The Morgan fingerprint density at radius 1 is 0.917 bits per heavy atom. The van der Waals surface area contributed by atoms with Crippen LogP contribution in [0.1, 0.15) is 56.1 Å². The van der Waals surface area contributed by atoms with Gasteiger partial charge in [-0.25, -0.2) is 0 Å². The number of imide groups is 1. The maximum absolute atomic E-state index is 13.8. The summed E-state index contributed by atoms with van der Waals surface area (Å²) in [6, 6.07) is 25.9. The third kappa shape index (κ3) is 8.40. The molecule has 1 heterocycles. The molecule has 4 atom stereocenters. The Hall–Kier alpha value is -4.73. The number of carbonyl (C=O) groups excluding carboxylic acids is 2. The molecule has 9 heteroatoms. The molecule has 1 aliphatic carbocycles. The highest BCUT2D eigenvalue weighted by atomic mass is 16.5. The number of allylic oxidation sites excluding steroid dienone is 1. The minimum atomic E-state index is -1.03. The number of aliphatic hydroxyl groups is 2. The molecule has 1 aliphatic heterocycles. The second-order valence-electron chi connectivity index (χ2n) is 12.5. The van der Waals surface area contributed by atoms with E-state index < -0.39 is 36.4 Å². The van der Waals surface area contributed by atoms with Crippen LogP contribution in [-0.4, -0.2) is 69.0 Å². The minimum absolute atomic E-state index is 0.0324. The van der Waals surface area contributed by atoms with E-state index in [1.54, 1.807) is 18.2 Å². The Morgan fingerprint density at radius 2 is 1.65 bits per heavy atom. The van der Waals surface area contributed by atoms with E-state index in [-0.39, 0.29) is 50.0 Å². The van der Waals surface area contributed by atoms with Crippen molar-refractivity contribution in [2.75, 3.05) is 19.8 Å². The molecule has 3 aromatic carbocycles. The molecular weight excluding hydrogens is 610 g/mol. The predicted molar refractivity (Wildman–Crippen MR) is 182 cm³/mol. The van der Waals surface area contributed by atoms with Gasteiger partial charge in [-0.05, 0) is 84.2 Å². The van der Waals surface area contributed by atoms with E-state index in [0.29, 0.717) is 42.6 Å². The molecule has 0 spiro atoms. The molecule has 0 unspecified atom stereocenters. The van der Waals surface area contributed by atoms with Gasteiger partial charge in [0.15, 0.2) is 0 Å². The van der Waals surface area contributed by atoms with E-state index in [0.717, 1.165) is 16.7 Å². The first-order chi connectivity index (χ1) is 23.3. The highest BCUT2D eigenvalue weighted by Crippen LogP contribution is 2.46. The Balaban J connectivity index is 1.41. The van der Waals surface area contributed by atoms with Crippen LogP contribution in [0.5, 0.6) is 11.5 Å². The zero-order chi connectivity index (χ0) is 34.0. The lowest BCUT2D eigenvalue weighted by Gasteiger charge is -2.36. The van der Waals surface area contributed by atoms with Crippen molar-refractivity contribution in [1.82, 2.24) is 4.90 Å². The SMILES string of the molecule is O=C(O)CCCCCN1C(=O)[C@@H]2[C@@H](CC(COc3ccccc3)=C([C@H](O)CC/C(=C/c3cccc(O)c3)c3ccccc3)[C@@H]2CO)C1=O. The molecule has 3 aromatic rings. The number of hydrogen-bond donors (Lipinski definition) is 4. The van der Waals surface area contributed by atoms with E-state index in [2.05, 4.69) is 0 Å². The molecule has 1 fully saturated rings. The van der Waals surface area contributed by atoms with Crippen LogP contribution in [0.2, 0.25) is 0 Å². The summed E-state index contributed by atoms with van der Waals surface area (Å²) in [7, 11) is 0. The molecule has 0 saturated carbocycles. The van der Waals surface area contributed by atoms with Crippen LogP contribution in [0, 0.1) is 17.8 Å². The van der Waals surface area contributed by atoms with Gasteiger partial charge < -0.3 is 25.2 Å². The van der Waals surface area contributed by atoms with Gasteiger partial charge in [0.1, 0.15) is 18.1 Å². The summed E-state index contributed by atoms with van der Waals surface area (Å²) in [4.78, 5) is 39.5. The number of rotatable bonds is 16. The number of carboxylic acids is 1. The Kier molecular flexibility index (Phi) is 11.8. The van der Waals surface area contributed by atoms with Crippen molar-refractivity contribution in [3.05, 3.63) is 107 Å². The molecule has 9 nitrogen and oxygen atoms in total. The first kappa shape index (κ1) is 34.6. The third-order valence-corrected chi connectivity index (χ3v) is 9.30. The molecule has 0 aromatic heterocycles. The number of fused-ring (bicyclic) bond motifs is 1. The van der Waals surface area contributed by atoms with Gasteiger partial charge >= 0.3 is 5.97 Å². The van der Waals surface area contributed by atoms with E-state index in [1.165, 1.54) is 4.90 Å². The fraction of sp³-hybridized carbons (Fsp3) is 0.359. The number of carboxylic acid groups (broad SMARTS) is 1. The van der Waals surface area contributed by atoms with E-state index >= 15 is 0 Å². The summed E-state index contributed by atoms with van der Waals surface area (Å²) in [6.45, 7) is -0.132. The van der Waals surface area contributed by atoms with Gasteiger partial charge in [-0.2, -0.15) is 0 Å². The summed E-state index contributed by atoms with van der Waals surface area (Å²) in [5.74, 6) is -3.01. The van der Waals surface area contributed by atoms with E-state index in [9.17, 15) is 29.7 Å². The Bertz CT molecular complexity index is 1630. The number of para-hydroxylation sites is 1. The fourth-order valence-electron chi connectivity index (χ4n) is 7.00. The summed E-state index contributed by atoms with van der Waals surface area (Å²) in [6.07, 6.45) is 3.48. The van der Waals surface area contributed by atoms with Gasteiger partial charge in [0, 0.05) is 18.9 Å². The molecule has 0 radical (unpaired) electrons. The number of aromatic hydroxyl groups is 1. The highest BCUT2D eigenvalue weighted by molar-refractivity contribution is 6.05. The average Bonchev–Trinajstić information content (AvgIpc) is 3.33. The van der Waals surface area contributed by atoms with Crippen molar-refractivity contribution >= 4 is 29.4 Å². The van der Waals surface area contributed by atoms with Crippen LogP contribution in [0.15, 0.2) is 96.1 Å². The lowest BCUT2D eigenvalue weighted by atomic mass is 9.68. The maximum Gasteiger partial charge on any atom is 0.303 e. The predicted octanol–water partition coefficient (Wildman–Crippen LogP) is 5.71. The topological polar surface area (TPSA) is 145 Å². The molecule has 1 saturated heterocycles. The average molecular weight is 654 g/mol. The standard InChI is InChI=1S/C39H43NO8/c41-24-33-36(34(43)19-18-28(27-12-4-1-5-13-27)21-26-11-10-14-30(42)22-26)29(25-48-31-15-6-2-7-16-31)23-32-37(33)39(47)40(38(32)46)20-9-3-8-17-35(44)45/h1-2,4-7,10-16,21-22,32-34,37,41-43H,3,8-9,17-20,23-25H2,(H,44,45)/b28-21-/t32-,33+,34-,37-/m1/s1. The number of phenolic OH excluding ortho intramolecular Hbond substituents is 1. The smallest absolute Gasteiger partial charge is 0.303 e. The number of ether oxygens (including phenoxy) is 1. The van der Waals surface area contributed by atoms with Crippen molar-refractivity contribution in [3.63, 3.8) is 0 Å². The zero-order valence-electron chi connectivity index (χ0n) is 26.9. The molecule has 0 bridgehead atoms. The maximum atomic E-state index is 13.8. The monoisotopic (exact) mass is 653 g/mol. The zero-order valence-corrected chi connectivity index (χ0v) is 26.9. The third-order valence-electron chi connectivity index (χ3n) is 9.30. The molecule has 2 amide bonds. The van der Waals surface area contributed by atoms with E-state index in [4.69, 9.17) is 9.84 Å². The Morgan fingerprint density at radius 3 is 2.33 bits per heavy atom. The number of nitrogens with zero attached hydrogens (tertiary/aromatic N) is 1. The van der Waals surface area contributed by atoms with Crippen molar-refractivity contribution in [2.24, 2.45) is 17.8 Å². The van der Waals surface area contributed by atoms with Crippen LogP contribution < -0.4 is 4.74 Å². The number of unbranched alkanes of at least 4 members (excludes halogenated alkanes) is 2. The first-order valence-corrected chi connectivity index (χ1v) is 16.6. The fourth-order valence-corrected chi connectivity index (χ4v) is 7.00. The normalized spacial score (nSPS) is 20.2. The number of aliphatic carboxylic acids is 1. The van der Waals surface area contributed by atoms with Crippen molar-refractivity contribution in [2.45, 2.75) is 51.0 Å².